The zero-order valence-corrected chi connectivity index (χ0v) is 11.8. The SMILES string of the molecule is CSc1ccc([B]OC(C)(C)C(C)(C)O)cn1. The lowest BCUT2D eigenvalue weighted by Crippen LogP contribution is -2.49. The number of thioether (sulfide) groups is 1. The van der Waals surface area contributed by atoms with E-state index in [1.807, 2.05) is 32.2 Å². The lowest BCUT2D eigenvalue weighted by molar-refractivity contribution is -0.0893. The van der Waals surface area contributed by atoms with Gasteiger partial charge in [0.25, 0.3) is 0 Å². The van der Waals surface area contributed by atoms with Crippen molar-refractivity contribution in [1.82, 2.24) is 4.98 Å². The largest absolute Gasteiger partial charge is 0.427 e. The minimum Gasteiger partial charge on any atom is -0.427 e. The summed E-state index contributed by atoms with van der Waals surface area (Å²) in [5.74, 6) is 0. The summed E-state index contributed by atoms with van der Waals surface area (Å²) in [5, 5.41) is 10.9. The highest BCUT2D eigenvalue weighted by Gasteiger charge is 2.35. The van der Waals surface area contributed by atoms with E-state index in [-0.39, 0.29) is 0 Å². The van der Waals surface area contributed by atoms with Crippen LogP contribution in [0.2, 0.25) is 0 Å². The predicted octanol–water partition coefficient (Wildman–Crippen LogP) is 1.61. The average Bonchev–Trinajstić information content (AvgIpc) is 2.25. The summed E-state index contributed by atoms with van der Waals surface area (Å²) in [7, 11) is 1.63. The fourth-order valence-electron chi connectivity index (χ4n) is 0.942. The third-order valence-corrected chi connectivity index (χ3v) is 3.59. The van der Waals surface area contributed by atoms with Gasteiger partial charge in [-0.3, -0.25) is 4.98 Å². The number of rotatable bonds is 5. The Labute approximate surface area is 108 Å². The maximum Gasteiger partial charge on any atom is 0.332 e. The lowest BCUT2D eigenvalue weighted by atomic mass is 9.83. The van der Waals surface area contributed by atoms with Gasteiger partial charge in [-0.05, 0) is 45.5 Å². The first-order chi connectivity index (χ1) is 7.76. The summed E-state index contributed by atoms with van der Waals surface area (Å²) in [6, 6.07) is 3.89. The second-order valence-corrected chi connectivity index (χ2v) is 5.77. The van der Waals surface area contributed by atoms with Gasteiger partial charge < -0.3 is 9.76 Å². The highest BCUT2D eigenvalue weighted by Crippen LogP contribution is 2.24. The quantitative estimate of drug-likeness (QED) is 0.638. The Morgan fingerprint density at radius 3 is 2.35 bits per heavy atom. The smallest absolute Gasteiger partial charge is 0.332 e. The first-order valence-corrected chi connectivity index (χ1v) is 6.72. The molecule has 3 nitrogen and oxygen atoms in total. The van der Waals surface area contributed by atoms with E-state index < -0.39 is 11.2 Å². The summed E-state index contributed by atoms with van der Waals surface area (Å²) in [5.41, 5.74) is -0.665. The van der Waals surface area contributed by atoms with Crippen molar-refractivity contribution in [3.05, 3.63) is 18.3 Å². The molecule has 0 spiro atoms. The Morgan fingerprint density at radius 2 is 1.94 bits per heavy atom. The summed E-state index contributed by atoms with van der Waals surface area (Å²) < 4.78 is 5.63. The normalized spacial score (nSPS) is 12.6. The summed E-state index contributed by atoms with van der Waals surface area (Å²) in [6.07, 6.45) is 3.74. The van der Waals surface area contributed by atoms with Gasteiger partial charge in [0.15, 0.2) is 0 Å². The number of hydrogen-bond donors (Lipinski definition) is 1. The van der Waals surface area contributed by atoms with E-state index in [2.05, 4.69) is 4.98 Å². The van der Waals surface area contributed by atoms with E-state index in [0.717, 1.165) is 10.5 Å². The second kappa shape index (κ2) is 5.42. The van der Waals surface area contributed by atoms with Crippen LogP contribution in [0.15, 0.2) is 23.4 Å². The van der Waals surface area contributed by atoms with Gasteiger partial charge in [-0.25, -0.2) is 0 Å². The zero-order chi connectivity index (χ0) is 13.1. The maximum absolute atomic E-state index is 9.94. The molecule has 1 radical (unpaired) electrons. The van der Waals surface area contributed by atoms with E-state index in [4.69, 9.17) is 4.65 Å². The summed E-state index contributed by atoms with van der Waals surface area (Å²) >= 11 is 1.60. The van der Waals surface area contributed by atoms with Gasteiger partial charge in [-0.1, -0.05) is 6.07 Å². The fourth-order valence-corrected chi connectivity index (χ4v) is 1.30. The molecule has 0 aliphatic heterocycles. The molecule has 1 N–H and O–H groups in total. The maximum atomic E-state index is 9.94. The van der Waals surface area contributed by atoms with Crippen LogP contribution in [0.1, 0.15) is 27.7 Å². The van der Waals surface area contributed by atoms with Crippen molar-refractivity contribution in [1.29, 1.82) is 0 Å². The van der Waals surface area contributed by atoms with Gasteiger partial charge in [-0.2, -0.15) is 0 Å². The third kappa shape index (κ3) is 4.01. The van der Waals surface area contributed by atoms with Gasteiger partial charge in [0, 0.05) is 6.20 Å². The number of aliphatic hydroxyl groups is 1. The monoisotopic (exact) mass is 252 g/mol. The van der Waals surface area contributed by atoms with Crippen LogP contribution in [0, 0.1) is 0 Å². The first kappa shape index (κ1) is 14.5. The lowest BCUT2D eigenvalue weighted by Gasteiger charge is -2.37. The van der Waals surface area contributed by atoms with Crippen LogP contribution in [0.4, 0.5) is 0 Å². The molecule has 0 aliphatic rings. The number of pyridine rings is 1. The molecule has 0 amide bonds. The standard InChI is InChI=1S/C12H19BNO2S/c1-11(2,15)12(3,4)16-13-9-6-7-10(17-5)14-8-9/h6-8,15H,1-5H3. The van der Waals surface area contributed by atoms with Crippen molar-refractivity contribution >= 4 is 24.7 Å². The molecule has 1 rings (SSSR count). The molecule has 0 saturated carbocycles. The number of hydrogen-bond acceptors (Lipinski definition) is 4. The molecule has 1 heterocycles. The Morgan fingerprint density at radius 1 is 1.29 bits per heavy atom. The predicted molar refractivity (Wildman–Crippen MR) is 72.9 cm³/mol. The Kier molecular flexibility index (Phi) is 4.64. The van der Waals surface area contributed by atoms with Gasteiger partial charge in [0.1, 0.15) is 0 Å². The Bertz CT molecular complexity index is 360. The van der Waals surface area contributed by atoms with Crippen LogP contribution >= 0.6 is 11.8 Å². The molecule has 0 bridgehead atoms. The molecule has 5 heteroatoms. The molecule has 0 saturated heterocycles. The van der Waals surface area contributed by atoms with E-state index >= 15 is 0 Å². The first-order valence-electron chi connectivity index (χ1n) is 5.50. The van der Waals surface area contributed by atoms with E-state index in [9.17, 15) is 5.11 Å². The molecule has 17 heavy (non-hydrogen) atoms. The van der Waals surface area contributed by atoms with Crippen LogP contribution in [0.25, 0.3) is 0 Å². The Hall–Kier alpha value is -0.515. The highest BCUT2D eigenvalue weighted by atomic mass is 32.2. The van der Waals surface area contributed by atoms with Gasteiger partial charge in [0.2, 0.25) is 0 Å². The third-order valence-electron chi connectivity index (χ3n) is 2.93. The molecule has 0 aliphatic carbocycles. The molecule has 0 aromatic carbocycles. The highest BCUT2D eigenvalue weighted by molar-refractivity contribution is 7.98. The van der Waals surface area contributed by atoms with Crippen LogP contribution in [0.3, 0.4) is 0 Å². The van der Waals surface area contributed by atoms with E-state index in [1.54, 1.807) is 39.3 Å². The van der Waals surface area contributed by atoms with Crippen molar-refractivity contribution in [2.45, 2.75) is 43.9 Å². The van der Waals surface area contributed by atoms with Gasteiger partial charge >= 0.3 is 7.48 Å². The van der Waals surface area contributed by atoms with Gasteiger partial charge in [0.05, 0.1) is 16.2 Å². The van der Waals surface area contributed by atoms with Crippen LogP contribution < -0.4 is 5.46 Å². The molecular formula is C12H19BNO2S. The van der Waals surface area contributed by atoms with Crippen molar-refractivity contribution < 1.29 is 9.76 Å². The minimum absolute atomic E-state index is 0.648. The molecular weight excluding hydrogens is 233 g/mol. The molecule has 93 valence electrons. The fraction of sp³-hybridized carbons (Fsp3) is 0.583. The van der Waals surface area contributed by atoms with Crippen LogP contribution in [-0.4, -0.2) is 35.0 Å². The minimum atomic E-state index is -0.907. The molecule has 0 unspecified atom stereocenters. The number of nitrogens with zero attached hydrogens (tertiary/aromatic N) is 1. The molecule has 1 aromatic rings. The zero-order valence-electron chi connectivity index (χ0n) is 11.0. The summed E-state index contributed by atoms with van der Waals surface area (Å²) in [6.45, 7) is 7.17. The topological polar surface area (TPSA) is 42.4 Å². The van der Waals surface area contributed by atoms with Gasteiger partial charge in [-0.15, -0.1) is 11.8 Å². The molecule has 0 fully saturated rings. The van der Waals surface area contributed by atoms with Crippen molar-refractivity contribution in [3.63, 3.8) is 0 Å². The summed E-state index contributed by atoms with van der Waals surface area (Å²) in [4.78, 5) is 4.25. The molecule has 1 aromatic heterocycles. The number of aromatic nitrogens is 1. The average molecular weight is 252 g/mol. The van der Waals surface area contributed by atoms with Crippen LogP contribution in [-0.2, 0) is 4.65 Å². The van der Waals surface area contributed by atoms with E-state index in [0.29, 0.717) is 0 Å². The second-order valence-electron chi connectivity index (χ2n) is 4.94. The molecule has 0 atom stereocenters. The van der Waals surface area contributed by atoms with Crippen molar-refractivity contribution in [2.75, 3.05) is 6.26 Å². The van der Waals surface area contributed by atoms with Crippen LogP contribution in [0.5, 0.6) is 0 Å². The van der Waals surface area contributed by atoms with E-state index in [1.165, 1.54) is 0 Å². The van der Waals surface area contributed by atoms with Crippen molar-refractivity contribution in [2.24, 2.45) is 0 Å². The van der Waals surface area contributed by atoms with Crippen molar-refractivity contribution in [3.8, 4) is 0 Å². The Balaban J connectivity index is 2.61.